The molecule has 7 heteroatoms. The van der Waals surface area contributed by atoms with E-state index < -0.39 is 0 Å². The first-order valence-corrected chi connectivity index (χ1v) is 8.62. The number of ether oxygens (including phenoxy) is 1. The van der Waals surface area contributed by atoms with Gasteiger partial charge in [-0.2, -0.15) is 0 Å². The average Bonchev–Trinajstić information content (AvgIpc) is 3.17. The van der Waals surface area contributed by atoms with Crippen LogP contribution in [0.1, 0.15) is 24.4 Å². The number of rotatable bonds is 6. The molecule has 26 heavy (non-hydrogen) atoms. The lowest BCUT2D eigenvalue weighted by Gasteiger charge is -2.27. The SMILES string of the molecule is Br.COc1cccc(C(CN=C(N)Nc2ccccn2)N2CCCC2)c1. The van der Waals surface area contributed by atoms with Crippen molar-refractivity contribution in [3.63, 3.8) is 0 Å². The van der Waals surface area contributed by atoms with Crippen LogP contribution in [0.4, 0.5) is 5.82 Å². The minimum Gasteiger partial charge on any atom is -0.497 e. The molecular formula is C19H26BrN5O. The van der Waals surface area contributed by atoms with Crippen molar-refractivity contribution >= 4 is 28.8 Å². The number of nitrogens with one attached hydrogen (secondary N) is 1. The Bertz CT molecular complexity index is 704. The van der Waals surface area contributed by atoms with Crippen molar-refractivity contribution in [2.75, 3.05) is 32.1 Å². The highest BCUT2D eigenvalue weighted by Crippen LogP contribution is 2.27. The minimum atomic E-state index is 0. The molecule has 1 saturated heterocycles. The van der Waals surface area contributed by atoms with Crippen molar-refractivity contribution in [3.05, 3.63) is 54.2 Å². The highest BCUT2D eigenvalue weighted by atomic mass is 79.9. The smallest absolute Gasteiger partial charge is 0.194 e. The van der Waals surface area contributed by atoms with Gasteiger partial charge in [-0.05, 0) is 55.8 Å². The zero-order valence-corrected chi connectivity index (χ0v) is 16.7. The standard InChI is InChI=1S/C19H25N5O.BrH/c1-25-16-8-6-7-15(13-16)17(24-11-4-5-12-24)14-22-19(20)23-18-9-2-3-10-21-18;/h2-3,6-10,13,17H,4-5,11-12,14H2,1H3,(H3,20,21,22,23);1H. The van der Waals surface area contributed by atoms with E-state index in [0.29, 0.717) is 18.3 Å². The summed E-state index contributed by atoms with van der Waals surface area (Å²) in [6, 6.07) is 14.0. The summed E-state index contributed by atoms with van der Waals surface area (Å²) in [4.78, 5) is 11.2. The molecule has 0 spiro atoms. The zero-order valence-electron chi connectivity index (χ0n) is 15.0. The summed E-state index contributed by atoms with van der Waals surface area (Å²) < 4.78 is 5.37. The summed E-state index contributed by atoms with van der Waals surface area (Å²) in [6.07, 6.45) is 4.18. The third kappa shape index (κ3) is 5.44. The maximum absolute atomic E-state index is 6.04. The Hall–Kier alpha value is -2.12. The molecule has 1 atom stereocenters. The number of pyridine rings is 1. The largest absolute Gasteiger partial charge is 0.497 e. The molecule has 1 aliphatic heterocycles. The van der Waals surface area contributed by atoms with Crippen LogP contribution in [0.5, 0.6) is 5.75 Å². The highest BCUT2D eigenvalue weighted by Gasteiger charge is 2.23. The Labute approximate surface area is 165 Å². The third-order valence-electron chi connectivity index (χ3n) is 4.42. The predicted octanol–water partition coefficient (Wildman–Crippen LogP) is 3.23. The summed E-state index contributed by atoms with van der Waals surface area (Å²) in [6.45, 7) is 2.77. The van der Waals surface area contributed by atoms with Crippen molar-refractivity contribution in [1.82, 2.24) is 9.88 Å². The molecule has 0 saturated carbocycles. The van der Waals surface area contributed by atoms with Crippen molar-refractivity contribution in [2.45, 2.75) is 18.9 Å². The topological polar surface area (TPSA) is 75.8 Å². The zero-order chi connectivity index (χ0) is 17.5. The molecule has 0 amide bonds. The first-order chi connectivity index (χ1) is 12.3. The van der Waals surface area contributed by atoms with E-state index in [1.165, 1.54) is 18.4 Å². The van der Waals surface area contributed by atoms with E-state index in [-0.39, 0.29) is 23.0 Å². The van der Waals surface area contributed by atoms with Crippen LogP contribution in [0, 0.1) is 0 Å². The number of halogens is 1. The lowest BCUT2D eigenvalue weighted by molar-refractivity contribution is 0.251. The maximum atomic E-state index is 6.04. The number of nitrogens with zero attached hydrogens (tertiary/aromatic N) is 3. The summed E-state index contributed by atoms with van der Waals surface area (Å²) in [5, 5.41) is 3.04. The van der Waals surface area contributed by atoms with E-state index in [1.54, 1.807) is 13.3 Å². The fraction of sp³-hybridized carbons (Fsp3) is 0.368. The summed E-state index contributed by atoms with van der Waals surface area (Å²) in [5.41, 5.74) is 7.25. The third-order valence-corrected chi connectivity index (χ3v) is 4.42. The van der Waals surface area contributed by atoms with Gasteiger partial charge in [-0.3, -0.25) is 9.89 Å². The molecule has 1 aromatic carbocycles. The van der Waals surface area contributed by atoms with Gasteiger partial charge in [0.1, 0.15) is 11.6 Å². The van der Waals surface area contributed by atoms with Gasteiger partial charge in [-0.15, -0.1) is 17.0 Å². The highest BCUT2D eigenvalue weighted by molar-refractivity contribution is 8.93. The Balaban J connectivity index is 0.00000243. The normalized spacial score (nSPS) is 16.0. The van der Waals surface area contributed by atoms with Gasteiger partial charge in [0.05, 0.1) is 19.7 Å². The fourth-order valence-electron chi connectivity index (χ4n) is 3.13. The maximum Gasteiger partial charge on any atom is 0.194 e. The number of anilines is 1. The quantitative estimate of drug-likeness (QED) is 0.555. The second-order valence-corrected chi connectivity index (χ2v) is 6.10. The number of methoxy groups -OCH3 is 1. The summed E-state index contributed by atoms with van der Waals surface area (Å²) in [7, 11) is 1.69. The van der Waals surface area contributed by atoms with Crippen LogP contribution in [-0.4, -0.2) is 42.6 Å². The number of guanidine groups is 1. The molecule has 2 heterocycles. The molecule has 3 N–H and O–H groups in total. The average molecular weight is 420 g/mol. The van der Waals surface area contributed by atoms with E-state index in [1.807, 2.05) is 30.3 Å². The van der Waals surface area contributed by atoms with Gasteiger partial charge in [0, 0.05) is 6.20 Å². The van der Waals surface area contributed by atoms with Gasteiger partial charge in [-0.25, -0.2) is 4.98 Å². The van der Waals surface area contributed by atoms with Crippen LogP contribution in [0.2, 0.25) is 0 Å². The first-order valence-electron chi connectivity index (χ1n) is 8.62. The van der Waals surface area contributed by atoms with Crippen LogP contribution >= 0.6 is 17.0 Å². The molecule has 1 unspecified atom stereocenters. The van der Waals surface area contributed by atoms with Gasteiger partial charge in [0.15, 0.2) is 5.96 Å². The van der Waals surface area contributed by atoms with Crippen LogP contribution < -0.4 is 15.8 Å². The number of aliphatic imine (C=N–C) groups is 1. The van der Waals surface area contributed by atoms with E-state index in [9.17, 15) is 0 Å². The number of hydrogen-bond donors (Lipinski definition) is 2. The summed E-state index contributed by atoms with van der Waals surface area (Å²) >= 11 is 0. The molecule has 140 valence electrons. The Morgan fingerprint density at radius 1 is 1.27 bits per heavy atom. The monoisotopic (exact) mass is 419 g/mol. The number of benzene rings is 1. The molecule has 3 rings (SSSR count). The molecule has 1 aromatic heterocycles. The van der Waals surface area contributed by atoms with Crippen LogP contribution in [0.25, 0.3) is 0 Å². The predicted molar refractivity (Wildman–Crippen MR) is 111 cm³/mol. The van der Waals surface area contributed by atoms with E-state index in [4.69, 9.17) is 10.5 Å². The molecule has 0 radical (unpaired) electrons. The Kier molecular flexibility index (Phi) is 7.87. The minimum absolute atomic E-state index is 0. The van der Waals surface area contributed by atoms with Crippen molar-refractivity contribution in [1.29, 1.82) is 0 Å². The Morgan fingerprint density at radius 2 is 2.08 bits per heavy atom. The van der Waals surface area contributed by atoms with Crippen molar-refractivity contribution in [2.24, 2.45) is 10.7 Å². The summed E-state index contributed by atoms with van der Waals surface area (Å²) in [5.74, 6) is 1.94. The number of aromatic nitrogens is 1. The van der Waals surface area contributed by atoms with E-state index in [2.05, 4.69) is 32.3 Å². The van der Waals surface area contributed by atoms with E-state index in [0.717, 1.165) is 18.8 Å². The van der Waals surface area contributed by atoms with Gasteiger partial charge in [-0.1, -0.05) is 18.2 Å². The molecule has 0 bridgehead atoms. The molecule has 1 fully saturated rings. The number of hydrogen-bond acceptors (Lipinski definition) is 4. The van der Waals surface area contributed by atoms with Gasteiger partial charge in [0.25, 0.3) is 0 Å². The molecule has 1 aliphatic rings. The van der Waals surface area contributed by atoms with Crippen LogP contribution in [0.15, 0.2) is 53.7 Å². The molecule has 6 nitrogen and oxygen atoms in total. The second-order valence-electron chi connectivity index (χ2n) is 6.10. The first kappa shape index (κ1) is 20.2. The van der Waals surface area contributed by atoms with E-state index >= 15 is 0 Å². The number of likely N-dealkylation sites (tertiary alicyclic amines) is 1. The number of nitrogens with two attached hydrogens (primary N) is 1. The molecular weight excluding hydrogens is 394 g/mol. The lowest BCUT2D eigenvalue weighted by atomic mass is 10.1. The molecule has 0 aliphatic carbocycles. The van der Waals surface area contributed by atoms with Gasteiger partial charge >= 0.3 is 0 Å². The van der Waals surface area contributed by atoms with Gasteiger partial charge in [0.2, 0.25) is 0 Å². The van der Waals surface area contributed by atoms with Crippen molar-refractivity contribution < 1.29 is 4.74 Å². The Morgan fingerprint density at radius 3 is 2.77 bits per heavy atom. The molecule has 2 aromatic rings. The van der Waals surface area contributed by atoms with Crippen molar-refractivity contribution in [3.8, 4) is 5.75 Å². The van der Waals surface area contributed by atoms with Gasteiger partial charge < -0.3 is 15.8 Å². The second kappa shape index (κ2) is 10.1. The fourth-order valence-corrected chi connectivity index (χ4v) is 3.13. The van der Waals surface area contributed by atoms with Crippen LogP contribution in [0.3, 0.4) is 0 Å². The van der Waals surface area contributed by atoms with Crippen LogP contribution in [-0.2, 0) is 0 Å². The lowest BCUT2D eigenvalue weighted by Crippen LogP contribution is -2.30.